The maximum atomic E-state index is 14.2. The summed E-state index contributed by atoms with van der Waals surface area (Å²) < 4.78 is 58.1. The molecule has 0 bridgehead atoms. The molecule has 2 atom stereocenters. The summed E-state index contributed by atoms with van der Waals surface area (Å²) in [5.41, 5.74) is 0.318. The summed E-state index contributed by atoms with van der Waals surface area (Å²) in [6, 6.07) is 11.2. The van der Waals surface area contributed by atoms with Gasteiger partial charge < -0.3 is 9.64 Å². The molecule has 1 unspecified atom stereocenters. The molecule has 1 aliphatic rings. The zero-order valence-corrected chi connectivity index (χ0v) is 21.4. The lowest BCUT2D eigenvalue weighted by atomic mass is 9.93. The maximum Gasteiger partial charge on any atom is 0.419 e. The summed E-state index contributed by atoms with van der Waals surface area (Å²) in [5.74, 6) is -1.35. The minimum absolute atomic E-state index is 0.170. The molecule has 0 aliphatic carbocycles. The van der Waals surface area contributed by atoms with Crippen molar-refractivity contribution in [3.8, 4) is 5.88 Å². The number of likely N-dealkylation sites (tertiary alicyclic amines) is 1. The van der Waals surface area contributed by atoms with Crippen LogP contribution in [-0.4, -0.2) is 54.0 Å². The summed E-state index contributed by atoms with van der Waals surface area (Å²) >= 11 is 12.4. The van der Waals surface area contributed by atoms with Crippen molar-refractivity contribution in [3.05, 3.63) is 92.8 Å². The molecule has 0 saturated carbocycles. The average molecular weight is 556 g/mol. The molecule has 0 spiro atoms. The Morgan fingerprint density at radius 3 is 2.46 bits per heavy atom. The van der Waals surface area contributed by atoms with Crippen LogP contribution in [0.4, 0.5) is 17.6 Å². The monoisotopic (exact) mass is 555 g/mol. The van der Waals surface area contributed by atoms with Crippen molar-refractivity contribution in [1.29, 1.82) is 0 Å². The number of carbonyl (C=O) groups is 1. The van der Waals surface area contributed by atoms with Gasteiger partial charge in [0.05, 0.1) is 28.3 Å². The summed E-state index contributed by atoms with van der Waals surface area (Å²) in [5, 5.41) is 0.764. The Hall–Kier alpha value is -2.88. The molecular weight excluding hydrogens is 533 g/mol. The minimum Gasteiger partial charge on any atom is -0.481 e. The van der Waals surface area contributed by atoms with E-state index in [0.29, 0.717) is 40.1 Å². The van der Waals surface area contributed by atoms with E-state index in [-0.39, 0.29) is 24.4 Å². The highest BCUT2D eigenvalue weighted by molar-refractivity contribution is 6.42. The van der Waals surface area contributed by atoms with Gasteiger partial charge in [0.15, 0.2) is 0 Å². The highest BCUT2D eigenvalue weighted by Gasteiger charge is 2.39. The van der Waals surface area contributed by atoms with Gasteiger partial charge in [0.2, 0.25) is 5.88 Å². The lowest BCUT2D eigenvalue weighted by molar-refractivity contribution is -0.140. The zero-order valence-electron chi connectivity index (χ0n) is 19.9. The van der Waals surface area contributed by atoms with Gasteiger partial charge in [0.25, 0.3) is 5.91 Å². The van der Waals surface area contributed by atoms with Gasteiger partial charge >= 0.3 is 6.18 Å². The van der Waals surface area contributed by atoms with Crippen LogP contribution >= 0.6 is 23.2 Å². The molecule has 196 valence electrons. The second-order valence-electron chi connectivity index (χ2n) is 8.87. The lowest BCUT2D eigenvalue weighted by Gasteiger charge is -2.29. The third kappa shape index (κ3) is 6.00. The molecule has 1 aliphatic heterocycles. The number of ether oxygens (including phenoxy) is 1. The number of halogens is 6. The average Bonchev–Trinajstić information content (AvgIpc) is 3.30. The molecule has 0 radical (unpaired) electrons. The molecule has 2 heterocycles. The molecule has 1 fully saturated rings. The van der Waals surface area contributed by atoms with Crippen molar-refractivity contribution in [2.75, 3.05) is 27.2 Å². The number of amides is 1. The number of pyridine rings is 1. The largest absolute Gasteiger partial charge is 0.481 e. The lowest BCUT2D eigenvalue weighted by Crippen LogP contribution is -2.38. The van der Waals surface area contributed by atoms with Gasteiger partial charge in [-0.05, 0) is 48.5 Å². The van der Waals surface area contributed by atoms with Crippen LogP contribution in [-0.2, 0) is 12.7 Å². The van der Waals surface area contributed by atoms with Crippen molar-refractivity contribution in [2.45, 2.75) is 24.7 Å². The number of likely N-dealkylation sites (N-methyl/N-ethyl adjacent to an activating group) is 1. The van der Waals surface area contributed by atoms with Crippen LogP contribution in [0.3, 0.4) is 0 Å². The normalized spacial score (nSPS) is 17.9. The second-order valence-corrected chi connectivity index (χ2v) is 9.69. The molecule has 0 N–H and O–H groups in total. The Bertz CT molecular complexity index is 1290. The predicted octanol–water partition coefficient (Wildman–Crippen LogP) is 6.30. The van der Waals surface area contributed by atoms with Crippen LogP contribution in [0.25, 0.3) is 0 Å². The van der Waals surface area contributed by atoms with E-state index in [1.165, 1.54) is 19.4 Å². The first kappa shape index (κ1) is 27.2. The van der Waals surface area contributed by atoms with Crippen molar-refractivity contribution >= 4 is 29.1 Å². The van der Waals surface area contributed by atoms with E-state index >= 15 is 0 Å². The molecule has 3 aromatic rings. The Kier molecular flexibility index (Phi) is 7.96. The molecule has 1 saturated heterocycles. The van der Waals surface area contributed by atoms with Gasteiger partial charge in [-0.1, -0.05) is 35.3 Å². The number of aromatic nitrogens is 1. The van der Waals surface area contributed by atoms with Crippen molar-refractivity contribution in [1.82, 2.24) is 14.8 Å². The Balaban J connectivity index is 1.60. The minimum atomic E-state index is -4.77. The number of benzene rings is 2. The Morgan fingerprint density at radius 2 is 1.86 bits per heavy atom. The van der Waals surface area contributed by atoms with E-state index in [0.717, 1.165) is 17.7 Å². The maximum absolute atomic E-state index is 14.2. The van der Waals surface area contributed by atoms with Crippen LogP contribution in [0.2, 0.25) is 10.0 Å². The summed E-state index contributed by atoms with van der Waals surface area (Å²) in [4.78, 5) is 21.0. The molecule has 1 amide bonds. The van der Waals surface area contributed by atoms with E-state index in [1.807, 2.05) is 11.0 Å². The van der Waals surface area contributed by atoms with Gasteiger partial charge in [0.1, 0.15) is 5.82 Å². The van der Waals surface area contributed by atoms with E-state index in [4.69, 9.17) is 27.9 Å². The number of hydrogen-bond donors (Lipinski definition) is 0. The predicted molar refractivity (Wildman–Crippen MR) is 133 cm³/mol. The smallest absolute Gasteiger partial charge is 0.419 e. The number of hydrogen-bond acceptors (Lipinski definition) is 4. The molecule has 4 rings (SSSR count). The third-order valence-corrected chi connectivity index (χ3v) is 7.22. The SMILES string of the molecule is COc1ccc(C(=O)N2CC(N(C)Cc3ccc(C(F)(F)F)c(F)c3)[C@@H](c3ccc(Cl)c(Cl)c3)C2)cn1. The van der Waals surface area contributed by atoms with Gasteiger partial charge in [-0.2, -0.15) is 13.2 Å². The zero-order chi connectivity index (χ0) is 26.9. The third-order valence-electron chi connectivity index (χ3n) is 6.48. The number of carbonyl (C=O) groups excluding carboxylic acids is 1. The first-order valence-electron chi connectivity index (χ1n) is 11.3. The highest BCUT2D eigenvalue weighted by Crippen LogP contribution is 2.36. The van der Waals surface area contributed by atoms with Crippen molar-refractivity contribution < 1.29 is 27.1 Å². The second kappa shape index (κ2) is 10.8. The number of alkyl halides is 3. The van der Waals surface area contributed by atoms with Crippen molar-refractivity contribution in [2.24, 2.45) is 0 Å². The Morgan fingerprint density at radius 1 is 1.11 bits per heavy atom. The van der Waals surface area contributed by atoms with Crippen LogP contribution in [0, 0.1) is 5.82 Å². The quantitative estimate of drug-likeness (QED) is 0.335. The number of rotatable bonds is 6. The fourth-order valence-corrected chi connectivity index (χ4v) is 4.88. The summed E-state index contributed by atoms with van der Waals surface area (Å²) in [7, 11) is 3.27. The van der Waals surface area contributed by atoms with Gasteiger partial charge in [-0.15, -0.1) is 0 Å². The number of methoxy groups -OCH3 is 1. The van der Waals surface area contributed by atoms with E-state index < -0.39 is 17.6 Å². The first-order valence-corrected chi connectivity index (χ1v) is 12.0. The topological polar surface area (TPSA) is 45.7 Å². The summed E-state index contributed by atoms with van der Waals surface area (Å²) in [6.45, 7) is 0.859. The summed E-state index contributed by atoms with van der Waals surface area (Å²) in [6.07, 6.45) is -3.33. The fourth-order valence-electron chi connectivity index (χ4n) is 4.57. The molecule has 5 nitrogen and oxygen atoms in total. The van der Waals surface area contributed by atoms with Gasteiger partial charge in [0, 0.05) is 43.9 Å². The van der Waals surface area contributed by atoms with Crippen LogP contribution in [0.1, 0.15) is 33.0 Å². The van der Waals surface area contributed by atoms with E-state index in [2.05, 4.69) is 4.98 Å². The molecule has 1 aromatic heterocycles. The molecule has 11 heteroatoms. The molecular formula is C26H23Cl2F4N3O2. The van der Waals surface area contributed by atoms with Crippen LogP contribution < -0.4 is 4.74 Å². The first-order chi connectivity index (χ1) is 17.5. The fraction of sp³-hybridized carbons (Fsp3) is 0.308. The van der Waals surface area contributed by atoms with E-state index in [9.17, 15) is 22.4 Å². The van der Waals surface area contributed by atoms with E-state index in [1.54, 1.807) is 36.2 Å². The number of nitrogens with zero attached hydrogens (tertiary/aromatic N) is 3. The van der Waals surface area contributed by atoms with Crippen LogP contribution in [0.15, 0.2) is 54.7 Å². The Labute approximate surface area is 221 Å². The standard InChI is InChI=1S/C26H23Cl2F4N3O2/c1-34(12-15-3-6-19(22(29)9-15)26(30,31)32)23-14-35(25(36)17-5-8-24(37-2)33-11-17)13-18(23)16-4-7-20(27)21(28)10-16/h3-11,18,23H,12-14H2,1-2H3/t18-,23?/m1/s1. The van der Waals surface area contributed by atoms with Gasteiger partial charge in [-0.3, -0.25) is 9.69 Å². The highest BCUT2D eigenvalue weighted by atomic mass is 35.5. The van der Waals surface area contributed by atoms with Gasteiger partial charge in [-0.25, -0.2) is 9.37 Å². The van der Waals surface area contributed by atoms with Crippen LogP contribution in [0.5, 0.6) is 5.88 Å². The molecule has 2 aromatic carbocycles. The van der Waals surface area contributed by atoms with Crippen molar-refractivity contribution in [3.63, 3.8) is 0 Å². The molecule has 37 heavy (non-hydrogen) atoms.